The summed E-state index contributed by atoms with van der Waals surface area (Å²) in [6.07, 6.45) is 0. The van der Waals surface area contributed by atoms with Gasteiger partial charge in [-0.3, -0.25) is 0 Å². The van der Waals surface area contributed by atoms with E-state index in [-0.39, 0.29) is 15.8 Å². The predicted octanol–water partition coefficient (Wildman–Crippen LogP) is 4.76. The summed E-state index contributed by atoms with van der Waals surface area (Å²) in [4.78, 5) is 10.7. The van der Waals surface area contributed by atoms with E-state index < -0.39 is 28.9 Å². The second-order valence-electron chi connectivity index (χ2n) is 3.78. The molecule has 0 spiro atoms. The summed E-state index contributed by atoms with van der Waals surface area (Å²) in [7, 11) is 0. The first kappa shape index (κ1) is 14.6. The summed E-state index contributed by atoms with van der Waals surface area (Å²) in [6.45, 7) is 0. The molecular weight excluding hydrogens is 313 g/mol. The van der Waals surface area contributed by atoms with Crippen molar-refractivity contribution in [3.05, 3.63) is 57.6 Å². The molecule has 1 N–H and O–H groups in total. The summed E-state index contributed by atoms with van der Waals surface area (Å²) >= 11 is 11.5. The Bertz CT molecular complexity index is 646. The quantitative estimate of drug-likeness (QED) is 0.887. The number of hydrogen-bond donors (Lipinski definition) is 1. The van der Waals surface area contributed by atoms with E-state index in [1.807, 2.05) is 0 Å². The van der Waals surface area contributed by atoms with Crippen LogP contribution in [0.5, 0.6) is 11.5 Å². The highest BCUT2D eigenvalue weighted by atomic mass is 35.5. The fourth-order valence-electron chi connectivity index (χ4n) is 1.49. The van der Waals surface area contributed by atoms with Crippen molar-refractivity contribution in [1.29, 1.82) is 0 Å². The van der Waals surface area contributed by atoms with Crippen LogP contribution in [-0.2, 0) is 0 Å². The van der Waals surface area contributed by atoms with Gasteiger partial charge in [-0.15, -0.1) is 0 Å². The number of carboxylic acids is 1. The van der Waals surface area contributed by atoms with Crippen LogP contribution in [0.2, 0.25) is 10.0 Å². The molecule has 0 amide bonds. The number of rotatable bonds is 3. The lowest BCUT2D eigenvalue weighted by atomic mass is 10.2. The van der Waals surface area contributed by atoms with E-state index in [1.54, 1.807) is 0 Å². The highest BCUT2D eigenvalue weighted by Gasteiger charge is 2.17. The summed E-state index contributed by atoms with van der Waals surface area (Å²) in [5.41, 5.74) is -0.517. The molecule has 0 heterocycles. The number of halogens is 4. The maximum atomic E-state index is 13.7. The van der Waals surface area contributed by atoms with Gasteiger partial charge in [0.2, 0.25) is 0 Å². The average molecular weight is 319 g/mol. The zero-order chi connectivity index (χ0) is 14.9. The second kappa shape index (κ2) is 5.64. The predicted molar refractivity (Wildman–Crippen MR) is 69.9 cm³/mol. The fraction of sp³-hybridized carbons (Fsp3) is 0. The Morgan fingerprint density at radius 3 is 1.95 bits per heavy atom. The SMILES string of the molecule is O=C(O)c1cc(F)c(Oc2cc(Cl)cc(Cl)c2)c(F)c1. The molecule has 0 unspecified atom stereocenters. The van der Waals surface area contributed by atoms with Crippen molar-refractivity contribution < 1.29 is 23.4 Å². The van der Waals surface area contributed by atoms with E-state index in [4.69, 9.17) is 33.0 Å². The van der Waals surface area contributed by atoms with Crippen LogP contribution in [-0.4, -0.2) is 11.1 Å². The van der Waals surface area contributed by atoms with Crippen molar-refractivity contribution in [2.45, 2.75) is 0 Å². The molecule has 2 aromatic carbocycles. The van der Waals surface area contributed by atoms with Crippen LogP contribution >= 0.6 is 23.2 Å². The van der Waals surface area contributed by atoms with Crippen molar-refractivity contribution in [2.24, 2.45) is 0 Å². The molecular formula is C13H6Cl2F2O3. The molecule has 0 bridgehead atoms. The van der Waals surface area contributed by atoms with Crippen LogP contribution < -0.4 is 4.74 Å². The van der Waals surface area contributed by atoms with Crippen LogP contribution in [0.4, 0.5) is 8.78 Å². The van der Waals surface area contributed by atoms with Gasteiger partial charge in [-0.05, 0) is 30.3 Å². The molecule has 20 heavy (non-hydrogen) atoms. The third kappa shape index (κ3) is 3.18. The van der Waals surface area contributed by atoms with Crippen LogP contribution in [0.1, 0.15) is 10.4 Å². The lowest BCUT2D eigenvalue weighted by Gasteiger charge is -2.09. The van der Waals surface area contributed by atoms with Gasteiger partial charge < -0.3 is 9.84 Å². The third-order valence-corrected chi connectivity index (χ3v) is 2.74. The standard InChI is InChI=1S/C13H6Cl2F2O3/c14-7-3-8(15)5-9(4-7)20-12-10(16)1-6(13(18)19)2-11(12)17/h1-5H,(H,18,19). The zero-order valence-corrected chi connectivity index (χ0v) is 11.2. The number of ether oxygens (including phenoxy) is 1. The number of benzene rings is 2. The van der Waals surface area contributed by atoms with Crippen LogP contribution in [0, 0.1) is 11.6 Å². The summed E-state index contributed by atoms with van der Waals surface area (Å²) in [5, 5.41) is 9.14. The van der Waals surface area contributed by atoms with Gasteiger partial charge in [0.1, 0.15) is 5.75 Å². The molecule has 2 rings (SSSR count). The van der Waals surface area contributed by atoms with Gasteiger partial charge in [0, 0.05) is 10.0 Å². The smallest absolute Gasteiger partial charge is 0.335 e. The minimum Gasteiger partial charge on any atom is -0.478 e. The molecule has 0 fully saturated rings. The highest BCUT2D eigenvalue weighted by molar-refractivity contribution is 6.34. The van der Waals surface area contributed by atoms with Crippen LogP contribution in [0.3, 0.4) is 0 Å². The first-order valence-corrected chi connectivity index (χ1v) is 5.98. The van der Waals surface area contributed by atoms with E-state index in [0.717, 1.165) is 0 Å². The molecule has 0 atom stereocenters. The molecule has 2 aromatic rings. The van der Waals surface area contributed by atoms with Gasteiger partial charge in [-0.2, -0.15) is 0 Å². The maximum absolute atomic E-state index is 13.7. The maximum Gasteiger partial charge on any atom is 0.335 e. The minimum absolute atomic E-state index is 0.0309. The van der Waals surface area contributed by atoms with E-state index in [0.29, 0.717) is 12.1 Å². The van der Waals surface area contributed by atoms with E-state index in [2.05, 4.69) is 0 Å². The van der Waals surface area contributed by atoms with Gasteiger partial charge >= 0.3 is 5.97 Å². The molecule has 7 heteroatoms. The molecule has 0 radical (unpaired) electrons. The Labute approximate surface area is 122 Å². The van der Waals surface area contributed by atoms with Gasteiger partial charge in [0.25, 0.3) is 0 Å². The minimum atomic E-state index is -1.44. The number of carboxylic acid groups (broad SMARTS) is 1. The van der Waals surface area contributed by atoms with Crippen molar-refractivity contribution >= 4 is 29.2 Å². The molecule has 0 saturated heterocycles. The van der Waals surface area contributed by atoms with Crippen molar-refractivity contribution in [2.75, 3.05) is 0 Å². The fourth-order valence-corrected chi connectivity index (χ4v) is 1.99. The first-order chi connectivity index (χ1) is 9.36. The lowest BCUT2D eigenvalue weighted by Crippen LogP contribution is -2.01. The Hall–Kier alpha value is -1.85. The van der Waals surface area contributed by atoms with Gasteiger partial charge in [0.15, 0.2) is 17.4 Å². The average Bonchev–Trinajstić information content (AvgIpc) is 2.32. The number of hydrogen-bond acceptors (Lipinski definition) is 2. The molecule has 0 aliphatic carbocycles. The Balaban J connectivity index is 2.41. The topological polar surface area (TPSA) is 46.5 Å². The normalized spacial score (nSPS) is 10.4. The third-order valence-electron chi connectivity index (χ3n) is 2.30. The summed E-state index contributed by atoms with van der Waals surface area (Å²) in [5.74, 6) is -4.42. The van der Waals surface area contributed by atoms with Gasteiger partial charge in [0.05, 0.1) is 5.56 Å². The lowest BCUT2D eigenvalue weighted by molar-refractivity contribution is 0.0695. The number of aromatic carboxylic acids is 1. The van der Waals surface area contributed by atoms with Crippen LogP contribution in [0.25, 0.3) is 0 Å². The number of carbonyl (C=O) groups is 1. The molecule has 104 valence electrons. The van der Waals surface area contributed by atoms with E-state index in [1.165, 1.54) is 18.2 Å². The van der Waals surface area contributed by atoms with E-state index >= 15 is 0 Å². The first-order valence-electron chi connectivity index (χ1n) is 5.23. The monoisotopic (exact) mass is 318 g/mol. The van der Waals surface area contributed by atoms with Crippen LogP contribution in [0.15, 0.2) is 30.3 Å². The zero-order valence-electron chi connectivity index (χ0n) is 9.66. The molecule has 0 aliphatic rings. The summed E-state index contributed by atoms with van der Waals surface area (Å²) in [6, 6.07) is 5.38. The highest BCUT2D eigenvalue weighted by Crippen LogP contribution is 2.32. The Morgan fingerprint density at radius 2 is 1.50 bits per heavy atom. The second-order valence-corrected chi connectivity index (χ2v) is 4.65. The Kier molecular flexibility index (Phi) is 4.11. The molecule has 0 aliphatic heterocycles. The Morgan fingerprint density at radius 1 is 1.00 bits per heavy atom. The summed E-state index contributed by atoms with van der Waals surface area (Å²) < 4.78 is 32.4. The molecule has 0 aromatic heterocycles. The van der Waals surface area contributed by atoms with Crippen molar-refractivity contribution in [3.63, 3.8) is 0 Å². The van der Waals surface area contributed by atoms with Crippen molar-refractivity contribution in [3.8, 4) is 11.5 Å². The largest absolute Gasteiger partial charge is 0.478 e. The van der Waals surface area contributed by atoms with Gasteiger partial charge in [-0.25, -0.2) is 13.6 Å². The van der Waals surface area contributed by atoms with E-state index in [9.17, 15) is 13.6 Å². The molecule has 0 saturated carbocycles. The molecule has 3 nitrogen and oxygen atoms in total. The van der Waals surface area contributed by atoms with Crippen molar-refractivity contribution in [1.82, 2.24) is 0 Å². The van der Waals surface area contributed by atoms with Gasteiger partial charge in [-0.1, -0.05) is 23.2 Å².